The minimum absolute atomic E-state index is 0.821. The fourth-order valence-corrected chi connectivity index (χ4v) is 2.52. The highest BCUT2D eigenvalue weighted by atomic mass is 32.2. The third-order valence-electron chi connectivity index (χ3n) is 2.23. The average molecular weight is 196 g/mol. The van der Waals surface area contributed by atoms with Crippen molar-refractivity contribution in [1.82, 2.24) is 0 Å². The van der Waals surface area contributed by atoms with Crippen LogP contribution in [-0.4, -0.2) is 11.5 Å². The highest BCUT2D eigenvalue weighted by Crippen LogP contribution is 2.18. The summed E-state index contributed by atoms with van der Waals surface area (Å²) >= 11 is 2.10. The molecule has 0 amide bonds. The van der Waals surface area contributed by atoms with E-state index >= 15 is 0 Å². The molecule has 0 bridgehead atoms. The van der Waals surface area contributed by atoms with Crippen LogP contribution in [0.2, 0.25) is 0 Å². The molecule has 0 heterocycles. The minimum Gasteiger partial charge on any atom is -0.161 e. The molecule has 1 aliphatic rings. The highest BCUT2D eigenvalue weighted by Gasteiger charge is 2.04. The van der Waals surface area contributed by atoms with Gasteiger partial charge in [0.25, 0.3) is 0 Å². The van der Waals surface area contributed by atoms with Crippen molar-refractivity contribution in [2.75, 3.05) is 11.5 Å². The lowest BCUT2D eigenvalue weighted by Crippen LogP contribution is -2.01. The molecule has 1 unspecified atom stereocenters. The Bertz CT molecular complexity index is 170. The van der Waals surface area contributed by atoms with Gasteiger partial charge in [-0.05, 0) is 43.1 Å². The molecular formula is C12H20S. The molecule has 1 atom stereocenters. The van der Waals surface area contributed by atoms with Crippen LogP contribution in [0.15, 0.2) is 24.3 Å². The molecule has 0 aromatic carbocycles. The molecule has 0 radical (unpaired) electrons. The van der Waals surface area contributed by atoms with E-state index in [1.807, 2.05) is 0 Å². The molecule has 0 saturated carbocycles. The summed E-state index contributed by atoms with van der Waals surface area (Å²) in [5.41, 5.74) is 0. The summed E-state index contributed by atoms with van der Waals surface area (Å²) in [6, 6.07) is 0. The van der Waals surface area contributed by atoms with E-state index in [2.05, 4.69) is 43.0 Å². The monoisotopic (exact) mass is 196 g/mol. The summed E-state index contributed by atoms with van der Waals surface area (Å²) in [5, 5.41) is 0. The first kappa shape index (κ1) is 10.9. The number of rotatable bonds is 4. The maximum Gasteiger partial charge on any atom is -0.000435 e. The zero-order chi connectivity index (χ0) is 9.36. The molecule has 0 aromatic heterocycles. The molecule has 0 fully saturated rings. The van der Waals surface area contributed by atoms with Crippen molar-refractivity contribution in [3.05, 3.63) is 24.3 Å². The summed E-state index contributed by atoms with van der Waals surface area (Å²) in [6.45, 7) is 2.25. The summed E-state index contributed by atoms with van der Waals surface area (Å²) in [5.74, 6) is 3.46. The maximum atomic E-state index is 2.41. The van der Waals surface area contributed by atoms with Gasteiger partial charge in [-0.3, -0.25) is 0 Å². The van der Waals surface area contributed by atoms with Crippen LogP contribution >= 0.6 is 11.8 Å². The van der Waals surface area contributed by atoms with Gasteiger partial charge < -0.3 is 0 Å². The zero-order valence-electron chi connectivity index (χ0n) is 8.54. The van der Waals surface area contributed by atoms with Crippen molar-refractivity contribution in [1.29, 1.82) is 0 Å². The van der Waals surface area contributed by atoms with E-state index in [1.165, 1.54) is 30.8 Å². The van der Waals surface area contributed by atoms with Gasteiger partial charge in [0.05, 0.1) is 0 Å². The molecule has 0 aromatic rings. The predicted octanol–water partition coefficient (Wildman–Crippen LogP) is 4.04. The molecule has 1 rings (SSSR count). The lowest BCUT2D eigenvalue weighted by atomic mass is 10.0. The van der Waals surface area contributed by atoms with Crippen LogP contribution in [0.1, 0.15) is 32.6 Å². The normalized spacial score (nSPS) is 27.6. The first-order valence-electron chi connectivity index (χ1n) is 5.33. The van der Waals surface area contributed by atoms with Crippen molar-refractivity contribution in [3.8, 4) is 0 Å². The Morgan fingerprint density at radius 2 is 2.23 bits per heavy atom. The second kappa shape index (κ2) is 7.25. The van der Waals surface area contributed by atoms with Gasteiger partial charge in [-0.25, -0.2) is 0 Å². The van der Waals surface area contributed by atoms with Crippen LogP contribution in [0, 0.1) is 5.92 Å². The molecule has 1 aliphatic carbocycles. The van der Waals surface area contributed by atoms with Crippen LogP contribution < -0.4 is 0 Å². The van der Waals surface area contributed by atoms with Gasteiger partial charge in [0, 0.05) is 0 Å². The van der Waals surface area contributed by atoms with Crippen molar-refractivity contribution >= 4 is 11.8 Å². The van der Waals surface area contributed by atoms with Crippen molar-refractivity contribution in [2.24, 2.45) is 5.92 Å². The van der Waals surface area contributed by atoms with Crippen molar-refractivity contribution < 1.29 is 0 Å². The third kappa shape index (κ3) is 5.20. The molecular weight excluding hydrogens is 176 g/mol. The van der Waals surface area contributed by atoms with Crippen LogP contribution in [0.25, 0.3) is 0 Å². The van der Waals surface area contributed by atoms with E-state index in [1.54, 1.807) is 0 Å². The summed E-state index contributed by atoms with van der Waals surface area (Å²) in [4.78, 5) is 0. The molecule has 0 spiro atoms. The van der Waals surface area contributed by atoms with Crippen molar-refractivity contribution in [2.45, 2.75) is 32.6 Å². The predicted molar refractivity (Wildman–Crippen MR) is 63.2 cm³/mol. The fraction of sp³-hybridized carbons (Fsp3) is 0.667. The molecule has 1 heteroatoms. The minimum atomic E-state index is 0.821. The number of hydrogen-bond donors (Lipinski definition) is 0. The Labute approximate surface area is 86.5 Å². The topological polar surface area (TPSA) is 0 Å². The van der Waals surface area contributed by atoms with Crippen LogP contribution in [0.3, 0.4) is 0 Å². The first-order valence-corrected chi connectivity index (χ1v) is 6.48. The fourth-order valence-electron chi connectivity index (χ4n) is 1.49. The number of thioether (sulfide) groups is 1. The van der Waals surface area contributed by atoms with E-state index in [-0.39, 0.29) is 0 Å². The van der Waals surface area contributed by atoms with E-state index < -0.39 is 0 Å². The quantitative estimate of drug-likeness (QED) is 0.483. The zero-order valence-corrected chi connectivity index (χ0v) is 9.35. The summed E-state index contributed by atoms with van der Waals surface area (Å²) in [7, 11) is 0. The highest BCUT2D eigenvalue weighted by molar-refractivity contribution is 7.99. The average Bonchev–Trinajstić information content (AvgIpc) is 2.08. The van der Waals surface area contributed by atoms with Gasteiger partial charge in [-0.1, -0.05) is 31.2 Å². The van der Waals surface area contributed by atoms with Gasteiger partial charge in [0.2, 0.25) is 0 Å². The van der Waals surface area contributed by atoms with Crippen LogP contribution in [0.5, 0.6) is 0 Å². The molecule has 0 aliphatic heterocycles. The van der Waals surface area contributed by atoms with Crippen molar-refractivity contribution in [3.63, 3.8) is 0 Å². The lowest BCUT2D eigenvalue weighted by molar-refractivity contribution is 0.662. The second-order valence-corrected chi connectivity index (χ2v) is 4.70. The van der Waals surface area contributed by atoms with E-state index in [9.17, 15) is 0 Å². The van der Waals surface area contributed by atoms with Gasteiger partial charge in [0.1, 0.15) is 0 Å². The SMILES string of the molecule is CCCSCC1/C=C\C/C=C\CC1. The number of hydrogen-bond acceptors (Lipinski definition) is 1. The summed E-state index contributed by atoms with van der Waals surface area (Å²) < 4.78 is 0. The molecule has 74 valence electrons. The molecule has 0 saturated heterocycles. The van der Waals surface area contributed by atoms with E-state index in [0.717, 1.165) is 12.3 Å². The smallest absolute Gasteiger partial charge is 0.000435 e. The Morgan fingerprint density at radius 3 is 3.08 bits per heavy atom. The third-order valence-corrected chi connectivity index (χ3v) is 3.59. The Kier molecular flexibility index (Phi) is 6.09. The van der Waals surface area contributed by atoms with E-state index in [0.29, 0.717) is 0 Å². The summed E-state index contributed by atoms with van der Waals surface area (Å²) in [6.07, 6.45) is 14.4. The van der Waals surface area contributed by atoms with Gasteiger partial charge >= 0.3 is 0 Å². The van der Waals surface area contributed by atoms with Crippen LogP contribution in [0.4, 0.5) is 0 Å². The standard InChI is InChI=1S/C12H20S/c1-2-10-13-11-12-8-6-4-3-5-7-9-12/h3-4,7,9,12H,2,5-6,8,10-11H2,1H3/b4-3-,9-7-. The largest absolute Gasteiger partial charge is 0.161 e. The second-order valence-electron chi connectivity index (χ2n) is 3.55. The Balaban J connectivity index is 2.19. The van der Waals surface area contributed by atoms with Gasteiger partial charge in [-0.15, -0.1) is 0 Å². The van der Waals surface area contributed by atoms with Gasteiger partial charge in [0.15, 0.2) is 0 Å². The lowest BCUT2D eigenvalue weighted by Gasteiger charge is -2.12. The first-order chi connectivity index (χ1) is 6.43. The van der Waals surface area contributed by atoms with Gasteiger partial charge in [-0.2, -0.15) is 11.8 Å². The maximum absolute atomic E-state index is 2.41. The number of allylic oxidation sites excluding steroid dienone is 4. The Morgan fingerprint density at radius 1 is 1.31 bits per heavy atom. The van der Waals surface area contributed by atoms with E-state index in [4.69, 9.17) is 0 Å². The van der Waals surface area contributed by atoms with Crippen LogP contribution in [-0.2, 0) is 0 Å². The molecule has 0 N–H and O–H groups in total. The Hall–Kier alpha value is -0.170. The molecule has 13 heavy (non-hydrogen) atoms. The molecule has 0 nitrogen and oxygen atoms in total.